The monoisotopic (exact) mass is 229 g/mol. The standard InChI is InChI=1S/C14H15NO2/c1-2-10-4-3-5-13(14(10)16)17-12-8-6-11(15)7-9-12/h3-9,13H,2,15H2,1H3. The fraction of sp³-hybridized carbons (Fsp3) is 0.214. The maximum Gasteiger partial charge on any atom is 0.203 e. The van der Waals surface area contributed by atoms with Gasteiger partial charge in [-0.15, -0.1) is 0 Å². The third kappa shape index (κ3) is 2.56. The summed E-state index contributed by atoms with van der Waals surface area (Å²) in [7, 11) is 0. The van der Waals surface area contributed by atoms with E-state index in [4.69, 9.17) is 10.5 Å². The molecule has 1 aliphatic carbocycles. The zero-order valence-electron chi connectivity index (χ0n) is 9.72. The number of nitrogens with two attached hydrogens (primary N) is 1. The van der Waals surface area contributed by atoms with Crippen LogP contribution >= 0.6 is 0 Å². The molecule has 0 aliphatic heterocycles. The van der Waals surface area contributed by atoms with E-state index in [9.17, 15) is 4.79 Å². The van der Waals surface area contributed by atoms with Gasteiger partial charge in [-0.05, 0) is 42.3 Å². The lowest BCUT2D eigenvalue weighted by Crippen LogP contribution is -2.28. The number of nitrogen functional groups attached to an aromatic ring is 1. The molecule has 1 aromatic carbocycles. The average Bonchev–Trinajstić information content (AvgIpc) is 2.35. The molecule has 88 valence electrons. The van der Waals surface area contributed by atoms with Crippen molar-refractivity contribution in [3.63, 3.8) is 0 Å². The zero-order valence-corrected chi connectivity index (χ0v) is 9.72. The lowest BCUT2D eigenvalue weighted by Gasteiger charge is -2.18. The van der Waals surface area contributed by atoms with Gasteiger partial charge in [0.1, 0.15) is 5.75 Å². The van der Waals surface area contributed by atoms with Crippen LogP contribution in [0.25, 0.3) is 0 Å². The molecule has 0 amide bonds. The first-order chi connectivity index (χ1) is 8.20. The summed E-state index contributed by atoms with van der Waals surface area (Å²) in [5, 5.41) is 0. The highest BCUT2D eigenvalue weighted by molar-refractivity contribution is 6.01. The van der Waals surface area contributed by atoms with Gasteiger partial charge in [0.25, 0.3) is 0 Å². The van der Waals surface area contributed by atoms with E-state index < -0.39 is 6.10 Å². The zero-order chi connectivity index (χ0) is 12.3. The molecule has 1 aromatic rings. The van der Waals surface area contributed by atoms with Crippen molar-refractivity contribution in [2.24, 2.45) is 0 Å². The van der Waals surface area contributed by atoms with Crippen molar-refractivity contribution in [1.29, 1.82) is 0 Å². The van der Waals surface area contributed by atoms with Gasteiger partial charge in [-0.2, -0.15) is 0 Å². The Hall–Kier alpha value is -2.03. The number of ether oxygens (including phenoxy) is 1. The first-order valence-electron chi connectivity index (χ1n) is 5.64. The summed E-state index contributed by atoms with van der Waals surface area (Å²) in [6.07, 6.45) is 5.68. The minimum atomic E-state index is -0.515. The molecule has 0 saturated carbocycles. The van der Waals surface area contributed by atoms with Gasteiger partial charge in [-0.3, -0.25) is 4.79 Å². The third-order valence-electron chi connectivity index (χ3n) is 2.68. The van der Waals surface area contributed by atoms with E-state index in [-0.39, 0.29) is 5.78 Å². The second-order valence-corrected chi connectivity index (χ2v) is 3.90. The van der Waals surface area contributed by atoms with E-state index in [1.807, 2.05) is 19.1 Å². The van der Waals surface area contributed by atoms with Crippen LogP contribution in [0.1, 0.15) is 13.3 Å². The van der Waals surface area contributed by atoms with Crippen molar-refractivity contribution < 1.29 is 9.53 Å². The molecule has 1 aliphatic rings. The molecule has 2 rings (SSSR count). The molecule has 0 fully saturated rings. The molecular formula is C14H15NO2. The predicted octanol–water partition coefficient (Wildman–Crippen LogP) is 2.49. The summed E-state index contributed by atoms with van der Waals surface area (Å²) < 4.78 is 5.62. The van der Waals surface area contributed by atoms with Crippen molar-refractivity contribution >= 4 is 11.5 Å². The number of carbonyl (C=O) groups is 1. The SMILES string of the molecule is CCC1=CC=CC(Oc2ccc(N)cc2)C1=O. The first-order valence-corrected chi connectivity index (χ1v) is 5.64. The number of carbonyl (C=O) groups excluding carboxylic acids is 1. The van der Waals surface area contributed by atoms with Crippen LogP contribution in [0.2, 0.25) is 0 Å². The van der Waals surface area contributed by atoms with Gasteiger partial charge in [0.05, 0.1) is 0 Å². The Morgan fingerprint density at radius 1 is 1.29 bits per heavy atom. The van der Waals surface area contributed by atoms with Crippen molar-refractivity contribution in [2.75, 3.05) is 5.73 Å². The molecule has 0 spiro atoms. The number of hydrogen-bond acceptors (Lipinski definition) is 3. The number of benzene rings is 1. The van der Waals surface area contributed by atoms with Crippen LogP contribution in [0.15, 0.2) is 48.1 Å². The van der Waals surface area contributed by atoms with Gasteiger partial charge >= 0.3 is 0 Å². The average molecular weight is 229 g/mol. The summed E-state index contributed by atoms with van der Waals surface area (Å²) in [6, 6.07) is 7.03. The molecule has 3 nitrogen and oxygen atoms in total. The Morgan fingerprint density at radius 3 is 2.65 bits per heavy atom. The quantitative estimate of drug-likeness (QED) is 0.810. The first kappa shape index (κ1) is 11.5. The Balaban J connectivity index is 2.10. The van der Waals surface area contributed by atoms with Crippen LogP contribution < -0.4 is 10.5 Å². The molecule has 0 radical (unpaired) electrons. The van der Waals surface area contributed by atoms with E-state index in [1.165, 1.54) is 0 Å². The fourth-order valence-electron chi connectivity index (χ4n) is 1.70. The van der Waals surface area contributed by atoms with Gasteiger partial charge in [0.2, 0.25) is 5.78 Å². The summed E-state index contributed by atoms with van der Waals surface area (Å²) in [4.78, 5) is 12.0. The number of hydrogen-bond donors (Lipinski definition) is 1. The molecule has 0 bridgehead atoms. The highest BCUT2D eigenvalue weighted by Crippen LogP contribution is 2.19. The van der Waals surface area contributed by atoms with Gasteiger partial charge < -0.3 is 10.5 Å². The topological polar surface area (TPSA) is 52.3 Å². The van der Waals surface area contributed by atoms with E-state index in [1.54, 1.807) is 30.3 Å². The number of rotatable bonds is 3. The number of allylic oxidation sites excluding steroid dienone is 2. The van der Waals surface area contributed by atoms with Crippen molar-refractivity contribution in [3.05, 3.63) is 48.1 Å². The molecule has 0 saturated heterocycles. The molecule has 1 atom stereocenters. The highest BCUT2D eigenvalue weighted by Gasteiger charge is 2.22. The molecule has 2 N–H and O–H groups in total. The summed E-state index contributed by atoms with van der Waals surface area (Å²) in [5.41, 5.74) is 7.06. The second-order valence-electron chi connectivity index (χ2n) is 3.90. The Kier molecular flexibility index (Phi) is 3.28. The number of anilines is 1. The Morgan fingerprint density at radius 2 is 2.00 bits per heavy atom. The van der Waals surface area contributed by atoms with Crippen molar-refractivity contribution in [3.8, 4) is 5.75 Å². The molecular weight excluding hydrogens is 214 g/mol. The number of ketones is 1. The Labute approximate surface area is 101 Å². The normalized spacial score (nSPS) is 19.0. The maximum atomic E-state index is 12.0. The van der Waals surface area contributed by atoms with Gasteiger partial charge in [0, 0.05) is 5.69 Å². The summed E-state index contributed by atoms with van der Waals surface area (Å²) in [5.74, 6) is 0.686. The smallest absolute Gasteiger partial charge is 0.203 e. The number of Topliss-reactive ketones (excluding diaryl/α,β-unsaturated/α-hetero) is 1. The minimum Gasteiger partial charge on any atom is -0.478 e. The molecule has 0 heterocycles. The maximum absolute atomic E-state index is 12.0. The second kappa shape index (κ2) is 4.87. The van der Waals surface area contributed by atoms with Crippen molar-refractivity contribution in [1.82, 2.24) is 0 Å². The van der Waals surface area contributed by atoms with E-state index in [0.717, 1.165) is 12.0 Å². The summed E-state index contributed by atoms with van der Waals surface area (Å²) in [6.45, 7) is 1.96. The fourth-order valence-corrected chi connectivity index (χ4v) is 1.70. The van der Waals surface area contributed by atoms with Crippen molar-refractivity contribution in [2.45, 2.75) is 19.4 Å². The molecule has 17 heavy (non-hydrogen) atoms. The Bertz CT molecular complexity index is 472. The van der Waals surface area contributed by atoms with Gasteiger partial charge in [-0.25, -0.2) is 0 Å². The molecule has 3 heteroatoms. The van der Waals surface area contributed by atoms with E-state index in [2.05, 4.69) is 0 Å². The van der Waals surface area contributed by atoms with Crippen LogP contribution in [0.3, 0.4) is 0 Å². The lowest BCUT2D eigenvalue weighted by atomic mass is 9.99. The summed E-state index contributed by atoms with van der Waals surface area (Å²) >= 11 is 0. The molecule has 1 unspecified atom stereocenters. The van der Waals surface area contributed by atoms with Crippen LogP contribution in [0.5, 0.6) is 5.75 Å². The lowest BCUT2D eigenvalue weighted by molar-refractivity contribution is -0.120. The highest BCUT2D eigenvalue weighted by atomic mass is 16.5. The molecule has 0 aromatic heterocycles. The van der Waals surface area contributed by atoms with E-state index >= 15 is 0 Å². The van der Waals surface area contributed by atoms with Crippen LogP contribution in [-0.2, 0) is 4.79 Å². The van der Waals surface area contributed by atoms with Crippen LogP contribution in [0, 0.1) is 0 Å². The van der Waals surface area contributed by atoms with Crippen LogP contribution in [0.4, 0.5) is 5.69 Å². The minimum absolute atomic E-state index is 0.0341. The van der Waals surface area contributed by atoms with E-state index in [0.29, 0.717) is 11.4 Å². The van der Waals surface area contributed by atoms with Crippen LogP contribution in [-0.4, -0.2) is 11.9 Å². The largest absolute Gasteiger partial charge is 0.478 e. The van der Waals surface area contributed by atoms with Gasteiger partial charge in [-0.1, -0.05) is 19.1 Å². The van der Waals surface area contributed by atoms with Gasteiger partial charge in [0.15, 0.2) is 6.10 Å². The third-order valence-corrected chi connectivity index (χ3v) is 2.68. The predicted molar refractivity (Wildman–Crippen MR) is 67.8 cm³/mol.